The molecule has 390 valence electrons. The molecule has 0 aromatic rings. The number of hydrogen-bond donors (Lipinski definition) is 0. The number of methoxy groups -OCH3 is 4. The molecule has 8 unspecified atom stereocenters. The molecule has 4 saturated heterocycles. The standard InChI is InChI=1S/3C8H14O.C8H16.C6H10O.3C3H8O.C2H6O.6CH4/c3*1-7-5-3-4-6-8(7,2)9-7;1-2-8-6-4-3-5-7-8;1-2-4-6-5(3-1)7-6;3*1-3-4-2;1-3-2;;;;;;/h3*3-6H2,1-2H3;8H,2-7H2,1H3;5-6H,1-4H2;3*3H2,1-2H3;1-2H3;6*1H4. The summed E-state index contributed by atoms with van der Waals surface area (Å²) >= 11 is 0. The van der Waals surface area contributed by atoms with Gasteiger partial charge in [0.2, 0.25) is 0 Å². The summed E-state index contributed by atoms with van der Waals surface area (Å²) in [4.78, 5) is 0. The van der Waals surface area contributed by atoms with Crippen LogP contribution in [0.4, 0.5) is 0 Å². The van der Waals surface area contributed by atoms with Gasteiger partial charge in [-0.1, -0.05) is 141 Å². The highest BCUT2D eigenvalue weighted by atomic mass is 16.6. The summed E-state index contributed by atoms with van der Waals surface area (Å²) < 4.78 is 40.1. The van der Waals surface area contributed by atoms with E-state index in [0.29, 0.717) is 12.2 Å². The lowest BCUT2D eigenvalue weighted by atomic mass is 9.82. The molecular formula is C55H122O8. The smallest absolute Gasteiger partial charge is 0.0949 e. The van der Waals surface area contributed by atoms with E-state index < -0.39 is 0 Å². The van der Waals surface area contributed by atoms with Crippen molar-refractivity contribution in [1.82, 2.24) is 0 Å². The number of hydrogen-bond acceptors (Lipinski definition) is 8. The lowest BCUT2D eigenvalue weighted by molar-refractivity contribution is 0.215. The molecule has 9 aliphatic rings. The fraction of sp³-hybridized carbons (Fsp3) is 1.00. The molecule has 63 heavy (non-hydrogen) atoms. The van der Waals surface area contributed by atoms with E-state index in [1.807, 2.05) is 20.8 Å². The second-order valence-corrected chi connectivity index (χ2v) is 18.9. The van der Waals surface area contributed by atoms with Crippen molar-refractivity contribution in [2.24, 2.45) is 5.92 Å². The molecule has 0 aromatic carbocycles. The molecule has 0 N–H and O–H groups in total. The second-order valence-electron chi connectivity index (χ2n) is 18.9. The zero-order chi connectivity index (χ0) is 43.1. The lowest BCUT2D eigenvalue weighted by Gasteiger charge is -2.18. The van der Waals surface area contributed by atoms with Gasteiger partial charge in [-0.2, -0.15) is 0 Å². The molecule has 0 spiro atoms. The lowest BCUT2D eigenvalue weighted by Crippen LogP contribution is -2.23. The monoisotopic (exact) mass is 911 g/mol. The maximum Gasteiger partial charge on any atom is 0.0949 e. The molecule has 5 saturated carbocycles. The molecule has 8 nitrogen and oxygen atoms in total. The van der Waals surface area contributed by atoms with Crippen LogP contribution in [0.2, 0.25) is 0 Å². The predicted molar refractivity (Wildman–Crippen MR) is 279 cm³/mol. The molecule has 0 radical (unpaired) electrons. The maximum absolute atomic E-state index is 5.65. The van der Waals surface area contributed by atoms with Crippen LogP contribution in [0.15, 0.2) is 0 Å². The van der Waals surface area contributed by atoms with Gasteiger partial charge in [0.25, 0.3) is 0 Å². The third-order valence-corrected chi connectivity index (χ3v) is 14.3. The Hall–Kier alpha value is -0.320. The summed E-state index contributed by atoms with van der Waals surface area (Å²) in [6.45, 7) is 24.1. The Morgan fingerprint density at radius 2 is 0.571 bits per heavy atom. The zero-order valence-corrected chi connectivity index (χ0v) is 40.7. The molecule has 0 bridgehead atoms. The summed E-state index contributed by atoms with van der Waals surface area (Å²) in [5.74, 6) is 1.09. The molecule has 9 fully saturated rings. The van der Waals surface area contributed by atoms with E-state index in [1.54, 1.807) is 35.5 Å². The van der Waals surface area contributed by atoms with Gasteiger partial charge >= 0.3 is 0 Å². The minimum Gasteiger partial charge on any atom is -0.388 e. The molecule has 4 heterocycles. The molecule has 0 amide bonds. The molecule has 0 aromatic heterocycles. The van der Waals surface area contributed by atoms with Crippen LogP contribution >= 0.6 is 0 Å². The van der Waals surface area contributed by atoms with Gasteiger partial charge in [0.1, 0.15) is 0 Å². The highest BCUT2D eigenvalue weighted by molar-refractivity contribution is 5.13. The highest BCUT2D eigenvalue weighted by Gasteiger charge is 2.65. The Bertz CT molecular complexity index is 831. The minimum absolute atomic E-state index is 0. The largest absolute Gasteiger partial charge is 0.388 e. The Balaban J connectivity index is -0.000000147. The first-order chi connectivity index (χ1) is 27.0. The van der Waals surface area contributed by atoms with Crippen molar-refractivity contribution in [3.05, 3.63) is 0 Å². The van der Waals surface area contributed by atoms with E-state index in [-0.39, 0.29) is 78.2 Å². The van der Waals surface area contributed by atoms with E-state index in [0.717, 1.165) is 25.7 Å². The first-order valence-corrected chi connectivity index (χ1v) is 23.7. The Kier molecular flexibility index (Phi) is 44.3. The second kappa shape index (κ2) is 37.6. The minimum atomic E-state index is 0. The van der Waals surface area contributed by atoms with Gasteiger partial charge < -0.3 is 37.9 Å². The molecule has 5 aliphatic carbocycles. The van der Waals surface area contributed by atoms with Gasteiger partial charge in [0.05, 0.1) is 45.8 Å². The number of rotatable bonds is 4. The average Bonchev–Trinajstić information content (AvgIpc) is 4.15. The van der Waals surface area contributed by atoms with E-state index in [1.165, 1.54) is 141 Å². The molecule has 9 rings (SSSR count). The van der Waals surface area contributed by atoms with Gasteiger partial charge in [-0.3, -0.25) is 0 Å². The van der Waals surface area contributed by atoms with Crippen molar-refractivity contribution in [3.8, 4) is 0 Å². The van der Waals surface area contributed by atoms with Crippen molar-refractivity contribution in [1.29, 1.82) is 0 Å². The first-order valence-electron chi connectivity index (χ1n) is 23.7. The Labute approximate surface area is 398 Å². The quantitative estimate of drug-likeness (QED) is 0.258. The topological polar surface area (TPSA) is 87.0 Å². The summed E-state index contributed by atoms with van der Waals surface area (Å²) in [7, 11) is 8.29. The highest BCUT2D eigenvalue weighted by Crippen LogP contribution is 2.58. The van der Waals surface area contributed by atoms with Gasteiger partial charge in [0.15, 0.2) is 0 Å². The van der Waals surface area contributed by atoms with Crippen LogP contribution in [0.1, 0.15) is 255 Å². The van der Waals surface area contributed by atoms with Gasteiger partial charge in [-0.15, -0.1) is 0 Å². The number of epoxide rings is 4. The van der Waals surface area contributed by atoms with Crippen LogP contribution in [-0.4, -0.2) is 101 Å². The predicted octanol–water partition coefficient (Wildman–Crippen LogP) is 16.7. The molecule has 8 heteroatoms. The van der Waals surface area contributed by atoms with Crippen molar-refractivity contribution < 1.29 is 37.9 Å². The van der Waals surface area contributed by atoms with Crippen LogP contribution in [0, 0.1) is 5.92 Å². The maximum atomic E-state index is 5.65. The van der Waals surface area contributed by atoms with E-state index >= 15 is 0 Å². The van der Waals surface area contributed by atoms with Crippen LogP contribution < -0.4 is 0 Å². The summed E-state index contributed by atoms with van der Waals surface area (Å²) in [6.07, 6.45) is 31.7. The third kappa shape index (κ3) is 26.1. The van der Waals surface area contributed by atoms with Crippen molar-refractivity contribution >= 4 is 0 Å². The van der Waals surface area contributed by atoms with Crippen molar-refractivity contribution in [2.45, 2.75) is 301 Å². The first kappa shape index (κ1) is 74.2. The molecular weight excluding hydrogens is 789 g/mol. The fourth-order valence-corrected chi connectivity index (χ4v) is 9.06. The Morgan fingerprint density at radius 1 is 0.365 bits per heavy atom. The van der Waals surface area contributed by atoms with Crippen molar-refractivity contribution in [3.63, 3.8) is 0 Å². The van der Waals surface area contributed by atoms with E-state index in [2.05, 4.69) is 67.4 Å². The van der Waals surface area contributed by atoms with E-state index in [9.17, 15) is 0 Å². The number of ether oxygens (including phenoxy) is 8. The van der Waals surface area contributed by atoms with Crippen molar-refractivity contribution in [2.75, 3.05) is 55.4 Å². The summed E-state index contributed by atoms with van der Waals surface area (Å²) in [6, 6.07) is 0. The summed E-state index contributed by atoms with van der Waals surface area (Å²) in [5.41, 5.74) is 1.70. The fourth-order valence-electron chi connectivity index (χ4n) is 9.06. The van der Waals surface area contributed by atoms with Crippen LogP contribution in [-0.2, 0) is 37.9 Å². The van der Waals surface area contributed by atoms with E-state index in [4.69, 9.17) is 18.9 Å². The van der Waals surface area contributed by atoms with Gasteiger partial charge in [0, 0.05) is 55.4 Å². The van der Waals surface area contributed by atoms with Crippen LogP contribution in [0.3, 0.4) is 0 Å². The van der Waals surface area contributed by atoms with Crippen LogP contribution in [0.25, 0.3) is 0 Å². The van der Waals surface area contributed by atoms with Gasteiger partial charge in [-0.05, 0) is 120 Å². The zero-order valence-electron chi connectivity index (χ0n) is 40.7. The molecule has 8 atom stereocenters. The normalized spacial score (nSPS) is 34.3. The molecule has 4 aliphatic heterocycles. The Morgan fingerprint density at radius 3 is 0.714 bits per heavy atom. The van der Waals surface area contributed by atoms with Gasteiger partial charge in [-0.25, -0.2) is 0 Å². The number of fused-ring (bicyclic) bond motifs is 4. The third-order valence-electron chi connectivity index (χ3n) is 14.3. The SMILES string of the molecule is C.C.C.C.C.C.C1CCC2OC2C1.CC12CCCCC1(C)O2.CC12CCCCC1(C)O2.CC12CCCCC1(C)O2.CCC1CCCCC1.CCOC.CCOC.CCOC.COC. The average molecular weight is 912 g/mol. The summed E-state index contributed by atoms with van der Waals surface area (Å²) in [5, 5.41) is 0. The van der Waals surface area contributed by atoms with Crippen LogP contribution in [0.5, 0.6) is 0 Å².